The quantitative estimate of drug-likeness (QED) is 0.780. The first-order valence-electron chi connectivity index (χ1n) is 3.99. The average molecular weight is 248 g/mol. The number of hydrogen-bond donors (Lipinski definition) is 0. The summed E-state index contributed by atoms with van der Waals surface area (Å²) < 4.78 is 29.4. The van der Waals surface area contributed by atoms with E-state index in [0.717, 1.165) is 16.9 Å². The van der Waals surface area contributed by atoms with Crippen molar-refractivity contribution in [2.24, 2.45) is 0 Å². The van der Waals surface area contributed by atoms with Crippen LogP contribution in [0.15, 0.2) is 21.1 Å². The molecule has 0 bridgehead atoms. The molecule has 7 heteroatoms. The minimum atomic E-state index is -2.46. The van der Waals surface area contributed by atoms with Crippen molar-refractivity contribution < 1.29 is 13.2 Å². The number of rotatable bonds is 3. The summed E-state index contributed by atoms with van der Waals surface area (Å²) in [5, 5.41) is 8.09. The molecule has 2 rings (SSSR count). The van der Waals surface area contributed by atoms with Crippen molar-refractivity contribution in [2.45, 2.75) is 17.0 Å². The third-order valence-corrected chi connectivity index (χ3v) is 3.44. The molecular formula is C8H6F2N2OS2. The Hall–Kier alpha value is -0.950. The molecule has 80 valence electrons. The zero-order valence-electron chi connectivity index (χ0n) is 7.61. The van der Waals surface area contributed by atoms with Gasteiger partial charge in [0.1, 0.15) is 5.76 Å². The lowest BCUT2D eigenvalue weighted by Crippen LogP contribution is -1.79. The van der Waals surface area contributed by atoms with Crippen LogP contribution in [0.25, 0.3) is 10.6 Å². The normalized spacial score (nSPS) is 11.2. The topological polar surface area (TPSA) is 38.9 Å². The first-order valence-corrected chi connectivity index (χ1v) is 5.69. The van der Waals surface area contributed by atoms with E-state index in [1.165, 1.54) is 6.26 Å². The monoisotopic (exact) mass is 248 g/mol. The second kappa shape index (κ2) is 4.28. The highest BCUT2D eigenvalue weighted by atomic mass is 32.2. The minimum absolute atomic E-state index is 0.264. The van der Waals surface area contributed by atoms with E-state index in [-0.39, 0.29) is 4.34 Å². The highest BCUT2D eigenvalue weighted by Crippen LogP contribution is 2.33. The first kappa shape index (κ1) is 10.6. The van der Waals surface area contributed by atoms with Gasteiger partial charge in [0, 0.05) is 0 Å². The summed E-state index contributed by atoms with van der Waals surface area (Å²) in [5.74, 6) is -1.75. The Bertz CT molecular complexity index is 455. The van der Waals surface area contributed by atoms with Crippen LogP contribution in [0.2, 0.25) is 0 Å². The van der Waals surface area contributed by atoms with E-state index >= 15 is 0 Å². The van der Waals surface area contributed by atoms with Crippen molar-refractivity contribution >= 4 is 23.1 Å². The highest BCUT2D eigenvalue weighted by molar-refractivity contribution is 8.01. The molecule has 2 heterocycles. The second-order valence-corrected chi connectivity index (χ2v) is 4.86. The van der Waals surface area contributed by atoms with Gasteiger partial charge in [-0.25, -0.2) is 0 Å². The number of furan rings is 1. The lowest BCUT2D eigenvalue weighted by Gasteiger charge is -1.90. The lowest BCUT2D eigenvalue weighted by molar-refractivity contribution is 0.252. The van der Waals surface area contributed by atoms with Crippen molar-refractivity contribution in [1.82, 2.24) is 10.2 Å². The summed E-state index contributed by atoms with van der Waals surface area (Å²) in [7, 11) is 0. The Morgan fingerprint density at radius 2 is 2.27 bits per heavy atom. The van der Waals surface area contributed by atoms with Gasteiger partial charge in [-0.2, -0.15) is 8.78 Å². The second-order valence-electron chi connectivity index (χ2n) is 2.64. The Kier molecular flexibility index (Phi) is 3.01. The maximum absolute atomic E-state index is 12.0. The first-order chi connectivity index (χ1) is 7.16. The number of aryl methyl sites for hydroxylation is 1. The van der Waals surface area contributed by atoms with Crippen molar-refractivity contribution in [2.75, 3.05) is 0 Å². The van der Waals surface area contributed by atoms with Crippen LogP contribution in [0.1, 0.15) is 5.76 Å². The molecule has 0 saturated carbocycles. The van der Waals surface area contributed by atoms with Crippen molar-refractivity contribution in [1.29, 1.82) is 0 Å². The third kappa shape index (κ3) is 2.35. The molecule has 0 saturated heterocycles. The highest BCUT2D eigenvalue weighted by Gasteiger charge is 2.14. The summed E-state index contributed by atoms with van der Waals surface area (Å²) in [6.07, 6.45) is 1.53. The molecule has 0 amide bonds. The Balaban J connectivity index is 2.24. The van der Waals surface area contributed by atoms with Crippen LogP contribution in [-0.4, -0.2) is 16.0 Å². The number of hydrogen-bond acceptors (Lipinski definition) is 5. The van der Waals surface area contributed by atoms with Crippen molar-refractivity contribution in [3.8, 4) is 10.6 Å². The summed E-state index contributed by atoms with van der Waals surface area (Å²) in [6, 6.07) is 1.74. The zero-order valence-corrected chi connectivity index (χ0v) is 9.24. The molecule has 0 N–H and O–H groups in total. The van der Waals surface area contributed by atoms with E-state index in [0.29, 0.717) is 22.5 Å². The van der Waals surface area contributed by atoms with Crippen LogP contribution >= 0.6 is 23.1 Å². The van der Waals surface area contributed by atoms with E-state index in [1.807, 2.05) is 0 Å². The summed E-state index contributed by atoms with van der Waals surface area (Å²) in [6.45, 7) is 1.79. The average Bonchev–Trinajstić information content (AvgIpc) is 2.72. The standard InChI is InChI=1S/C8H6F2N2OS2/c1-4-5(2-3-13-4)6-11-12-8(14-6)15-7(9)10/h2-3,7H,1H3. The van der Waals surface area contributed by atoms with Crippen molar-refractivity contribution in [3.63, 3.8) is 0 Å². The third-order valence-electron chi connectivity index (χ3n) is 1.69. The molecule has 2 aromatic rings. The van der Waals surface area contributed by atoms with Gasteiger partial charge in [0.25, 0.3) is 5.76 Å². The van der Waals surface area contributed by atoms with Crippen molar-refractivity contribution in [3.05, 3.63) is 18.1 Å². The van der Waals surface area contributed by atoms with E-state index in [2.05, 4.69) is 10.2 Å². The lowest BCUT2D eigenvalue weighted by atomic mass is 10.3. The number of aromatic nitrogens is 2. The van der Waals surface area contributed by atoms with Gasteiger partial charge in [-0.05, 0) is 24.8 Å². The van der Waals surface area contributed by atoms with E-state index in [1.54, 1.807) is 13.0 Å². The van der Waals surface area contributed by atoms with Gasteiger partial charge < -0.3 is 4.42 Å². The van der Waals surface area contributed by atoms with Gasteiger partial charge in [0.2, 0.25) is 0 Å². The van der Waals surface area contributed by atoms with Gasteiger partial charge in [0.05, 0.1) is 11.8 Å². The molecule has 3 nitrogen and oxygen atoms in total. The molecule has 0 unspecified atom stereocenters. The predicted molar refractivity (Wildman–Crippen MR) is 54.2 cm³/mol. The maximum atomic E-state index is 12.0. The van der Waals surface area contributed by atoms with Crippen LogP contribution in [0, 0.1) is 6.92 Å². The molecule has 0 radical (unpaired) electrons. The SMILES string of the molecule is Cc1occc1-c1nnc(SC(F)F)s1. The fourth-order valence-electron chi connectivity index (χ4n) is 1.05. The van der Waals surface area contributed by atoms with E-state index in [4.69, 9.17) is 4.42 Å². The molecule has 0 fully saturated rings. The maximum Gasteiger partial charge on any atom is 0.291 e. The summed E-state index contributed by atoms with van der Waals surface area (Å²) in [4.78, 5) is 0. The predicted octanol–water partition coefficient (Wildman–Crippen LogP) is 3.42. The van der Waals surface area contributed by atoms with Crippen LogP contribution in [0.4, 0.5) is 8.78 Å². The Labute approximate surface area is 92.5 Å². The Morgan fingerprint density at radius 1 is 1.47 bits per heavy atom. The number of thioether (sulfide) groups is 1. The smallest absolute Gasteiger partial charge is 0.291 e. The van der Waals surface area contributed by atoms with E-state index < -0.39 is 5.76 Å². The molecular weight excluding hydrogens is 242 g/mol. The fourth-order valence-corrected chi connectivity index (χ4v) is 2.59. The molecule has 0 aliphatic rings. The molecule has 0 spiro atoms. The number of halogens is 2. The molecule has 15 heavy (non-hydrogen) atoms. The van der Waals surface area contributed by atoms with Gasteiger partial charge in [-0.15, -0.1) is 10.2 Å². The van der Waals surface area contributed by atoms with Gasteiger partial charge >= 0.3 is 0 Å². The summed E-state index contributed by atoms with van der Waals surface area (Å²) >= 11 is 1.54. The van der Waals surface area contributed by atoms with Crippen LogP contribution in [0.5, 0.6) is 0 Å². The molecule has 0 aromatic carbocycles. The fraction of sp³-hybridized carbons (Fsp3) is 0.250. The Morgan fingerprint density at radius 3 is 2.87 bits per heavy atom. The minimum Gasteiger partial charge on any atom is -0.469 e. The molecule has 0 atom stereocenters. The van der Waals surface area contributed by atoms with E-state index in [9.17, 15) is 8.78 Å². The van der Waals surface area contributed by atoms with Crippen LogP contribution in [0.3, 0.4) is 0 Å². The van der Waals surface area contributed by atoms with Gasteiger partial charge in [0.15, 0.2) is 9.35 Å². The van der Waals surface area contributed by atoms with Crippen LogP contribution < -0.4 is 0 Å². The molecule has 0 aliphatic heterocycles. The molecule has 2 aromatic heterocycles. The largest absolute Gasteiger partial charge is 0.469 e. The molecule has 0 aliphatic carbocycles. The van der Waals surface area contributed by atoms with Crippen LogP contribution in [-0.2, 0) is 0 Å². The number of nitrogens with zero attached hydrogens (tertiary/aromatic N) is 2. The zero-order chi connectivity index (χ0) is 10.8. The van der Waals surface area contributed by atoms with Gasteiger partial charge in [-0.3, -0.25) is 0 Å². The van der Waals surface area contributed by atoms with Gasteiger partial charge in [-0.1, -0.05) is 11.3 Å². The summed E-state index contributed by atoms with van der Waals surface area (Å²) in [5.41, 5.74) is 0.800. The number of alkyl halides is 2.